The molecule has 0 fully saturated rings. The van der Waals surface area contributed by atoms with E-state index in [0.29, 0.717) is 24.6 Å². The van der Waals surface area contributed by atoms with Gasteiger partial charge in [-0.15, -0.1) is 0 Å². The SMILES string of the molecule is NC(C(=O)O)c1cccc(C2=NCCO2)c1. The third-order valence-corrected chi connectivity index (χ3v) is 2.34. The van der Waals surface area contributed by atoms with Crippen LogP contribution in [0.2, 0.25) is 0 Å². The molecule has 0 saturated carbocycles. The largest absolute Gasteiger partial charge is 0.480 e. The molecular weight excluding hydrogens is 208 g/mol. The fourth-order valence-electron chi connectivity index (χ4n) is 1.52. The number of carbonyl (C=O) groups is 1. The van der Waals surface area contributed by atoms with Gasteiger partial charge in [-0.25, -0.2) is 4.99 Å². The highest BCUT2D eigenvalue weighted by molar-refractivity contribution is 5.95. The standard InChI is InChI=1S/C11H12N2O3/c12-9(11(14)15)7-2-1-3-8(6-7)10-13-4-5-16-10/h1-3,6,9H,4-5,12H2,(H,14,15). The fourth-order valence-corrected chi connectivity index (χ4v) is 1.52. The molecule has 2 rings (SSSR count). The molecule has 1 aliphatic heterocycles. The van der Waals surface area contributed by atoms with Crippen LogP contribution in [-0.2, 0) is 9.53 Å². The zero-order valence-corrected chi connectivity index (χ0v) is 8.59. The Morgan fingerprint density at radius 2 is 2.38 bits per heavy atom. The predicted octanol–water partition coefficient (Wildman–Crippen LogP) is 0.548. The minimum atomic E-state index is -1.05. The van der Waals surface area contributed by atoms with Crippen LogP contribution >= 0.6 is 0 Å². The van der Waals surface area contributed by atoms with E-state index in [1.54, 1.807) is 18.2 Å². The van der Waals surface area contributed by atoms with Crippen LogP contribution in [0, 0.1) is 0 Å². The molecule has 3 N–H and O–H groups in total. The molecule has 0 spiro atoms. The second kappa shape index (κ2) is 4.32. The van der Waals surface area contributed by atoms with E-state index in [0.717, 1.165) is 5.56 Å². The number of rotatable bonds is 3. The number of carboxylic acid groups (broad SMARTS) is 1. The van der Waals surface area contributed by atoms with Gasteiger partial charge < -0.3 is 15.6 Å². The molecule has 1 unspecified atom stereocenters. The molecule has 1 aliphatic rings. The van der Waals surface area contributed by atoms with Crippen LogP contribution in [0.4, 0.5) is 0 Å². The van der Waals surface area contributed by atoms with Crippen LogP contribution in [0.25, 0.3) is 0 Å². The molecule has 0 aliphatic carbocycles. The lowest BCUT2D eigenvalue weighted by atomic mass is 10.0. The summed E-state index contributed by atoms with van der Waals surface area (Å²) in [6.45, 7) is 1.22. The van der Waals surface area contributed by atoms with Gasteiger partial charge in [-0.05, 0) is 17.7 Å². The number of hydrogen-bond donors (Lipinski definition) is 2. The average Bonchev–Trinajstić information content (AvgIpc) is 2.81. The van der Waals surface area contributed by atoms with Crippen LogP contribution in [0.15, 0.2) is 29.3 Å². The van der Waals surface area contributed by atoms with Crippen molar-refractivity contribution in [2.24, 2.45) is 10.7 Å². The first-order valence-electron chi connectivity index (χ1n) is 4.94. The summed E-state index contributed by atoms with van der Waals surface area (Å²) < 4.78 is 5.30. The highest BCUT2D eigenvalue weighted by Gasteiger charge is 2.16. The molecule has 5 nitrogen and oxygen atoms in total. The predicted molar refractivity (Wildman–Crippen MR) is 58.4 cm³/mol. The Hall–Kier alpha value is -1.88. The van der Waals surface area contributed by atoms with E-state index >= 15 is 0 Å². The smallest absolute Gasteiger partial charge is 0.325 e. The Morgan fingerprint density at radius 1 is 1.56 bits per heavy atom. The highest BCUT2D eigenvalue weighted by Crippen LogP contribution is 2.15. The van der Waals surface area contributed by atoms with Gasteiger partial charge in [-0.1, -0.05) is 12.1 Å². The monoisotopic (exact) mass is 220 g/mol. The van der Waals surface area contributed by atoms with Gasteiger partial charge in [0.2, 0.25) is 5.90 Å². The molecule has 5 heteroatoms. The van der Waals surface area contributed by atoms with E-state index < -0.39 is 12.0 Å². The normalized spacial score (nSPS) is 16.4. The molecule has 0 amide bonds. The van der Waals surface area contributed by atoms with Crippen molar-refractivity contribution >= 4 is 11.9 Å². The van der Waals surface area contributed by atoms with Crippen LogP contribution < -0.4 is 5.73 Å². The van der Waals surface area contributed by atoms with E-state index in [9.17, 15) is 4.79 Å². The second-order valence-electron chi connectivity index (χ2n) is 3.48. The summed E-state index contributed by atoms with van der Waals surface area (Å²) in [5.41, 5.74) is 6.84. The fraction of sp³-hybridized carbons (Fsp3) is 0.273. The summed E-state index contributed by atoms with van der Waals surface area (Å²) in [5.74, 6) is -0.495. The lowest BCUT2D eigenvalue weighted by Crippen LogP contribution is -2.20. The molecule has 16 heavy (non-hydrogen) atoms. The Bertz CT molecular complexity index is 443. The van der Waals surface area contributed by atoms with E-state index in [-0.39, 0.29) is 0 Å². The first-order chi connectivity index (χ1) is 7.68. The minimum Gasteiger partial charge on any atom is -0.480 e. The first-order valence-corrected chi connectivity index (χ1v) is 4.94. The van der Waals surface area contributed by atoms with Crippen molar-refractivity contribution in [3.8, 4) is 0 Å². The van der Waals surface area contributed by atoms with Crippen molar-refractivity contribution in [3.63, 3.8) is 0 Å². The van der Waals surface area contributed by atoms with Crippen LogP contribution in [0.3, 0.4) is 0 Å². The van der Waals surface area contributed by atoms with Crippen molar-refractivity contribution in [1.29, 1.82) is 0 Å². The topological polar surface area (TPSA) is 84.9 Å². The Kier molecular flexibility index (Phi) is 2.87. The average molecular weight is 220 g/mol. The minimum absolute atomic E-state index is 0.545. The first kappa shape index (κ1) is 10.6. The number of hydrogen-bond acceptors (Lipinski definition) is 4. The Morgan fingerprint density at radius 3 is 3.00 bits per heavy atom. The van der Waals surface area contributed by atoms with Crippen molar-refractivity contribution in [3.05, 3.63) is 35.4 Å². The van der Waals surface area contributed by atoms with Crippen molar-refractivity contribution in [2.45, 2.75) is 6.04 Å². The van der Waals surface area contributed by atoms with Crippen molar-refractivity contribution < 1.29 is 14.6 Å². The van der Waals surface area contributed by atoms with E-state index in [1.165, 1.54) is 0 Å². The zero-order chi connectivity index (χ0) is 11.5. The number of aliphatic imine (C=N–C) groups is 1. The summed E-state index contributed by atoms with van der Waals surface area (Å²) in [6, 6.07) is 5.93. The molecular formula is C11H12N2O3. The van der Waals surface area contributed by atoms with E-state index in [1.807, 2.05) is 6.07 Å². The summed E-state index contributed by atoms with van der Waals surface area (Å²) in [5, 5.41) is 8.81. The summed E-state index contributed by atoms with van der Waals surface area (Å²) in [7, 11) is 0. The number of aliphatic carboxylic acids is 1. The zero-order valence-electron chi connectivity index (χ0n) is 8.59. The quantitative estimate of drug-likeness (QED) is 0.778. The number of nitrogens with zero attached hydrogens (tertiary/aromatic N) is 1. The van der Waals surface area contributed by atoms with Crippen LogP contribution in [0.1, 0.15) is 17.2 Å². The molecule has 0 bridgehead atoms. The molecule has 1 aromatic carbocycles. The highest BCUT2D eigenvalue weighted by atomic mass is 16.5. The van der Waals surface area contributed by atoms with Gasteiger partial charge in [0.05, 0.1) is 6.54 Å². The van der Waals surface area contributed by atoms with E-state index in [2.05, 4.69) is 4.99 Å². The lowest BCUT2D eigenvalue weighted by Gasteiger charge is -2.08. The second-order valence-corrected chi connectivity index (χ2v) is 3.48. The molecule has 0 radical (unpaired) electrons. The number of ether oxygens (including phenoxy) is 1. The van der Waals surface area contributed by atoms with Gasteiger partial charge in [0, 0.05) is 5.56 Å². The van der Waals surface area contributed by atoms with Gasteiger partial charge >= 0.3 is 5.97 Å². The molecule has 1 atom stereocenters. The molecule has 0 aromatic heterocycles. The molecule has 84 valence electrons. The lowest BCUT2D eigenvalue weighted by molar-refractivity contribution is -0.138. The van der Waals surface area contributed by atoms with Crippen LogP contribution in [0.5, 0.6) is 0 Å². The van der Waals surface area contributed by atoms with E-state index in [4.69, 9.17) is 15.6 Å². The summed E-state index contributed by atoms with van der Waals surface area (Å²) in [4.78, 5) is 14.9. The maximum absolute atomic E-state index is 10.7. The third kappa shape index (κ3) is 2.04. The Balaban J connectivity index is 2.29. The number of carboxylic acids is 1. The summed E-state index contributed by atoms with van der Waals surface area (Å²) >= 11 is 0. The van der Waals surface area contributed by atoms with Gasteiger partial charge in [0.25, 0.3) is 0 Å². The van der Waals surface area contributed by atoms with Crippen molar-refractivity contribution in [2.75, 3.05) is 13.2 Å². The van der Waals surface area contributed by atoms with Gasteiger partial charge in [-0.2, -0.15) is 0 Å². The maximum atomic E-state index is 10.7. The number of benzene rings is 1. The molecule has 0 saturated heterocycles. The molecule has 1 aromatic rings. The van der Waals surface area contributed by atoms with Crippen molar-refractivity contribution in [1.82, 2.24) is 0 Å². The Labute approximate surface area is 92.6 Å². The third-order valence-electron chi connectivity index (χ3n) is 2.34. The molecule has 1 heterocycles. The van der Waals surface area contributed by atoms with Crippen LogP contribution in [-0.4, -0.2) is 30.1 Å². The maximum Gasteiger partial charge on any atom is 0.325 e. The number of nitrogens with two attached hydrogens (primary N) is 1. The van der Waals surface area contributed by atoms with Gasteiger partial charge in [0.1, 0.15) is 12.6 Å². The van der Waals surface area contributed by atoms with Gasteiger partial charge in [0.15, 0.2) is 0 Å². The summed E-state index contributed by atoms with van der Waals surface area (Å²) in [6.07, 6.45) is 0. The van der Waals surface area contributed by atoms with Gasteiger partial charge in [-0.3, -0.25) is 4.79 Å².